The van der Waals surface area contributed by atoms with Crippen molar-refractivity contribution in [1.82, 2.24) is 0 Å². The van der Waals surface area contributed by atoms with E-state index in [1.165, 1.54) is 0 Å². The third kappa shape index (κ3) is 1.88. The van der Waals surface area contributed by atoms with Crippen LogP contribution in [0.25, 0.3) is 0 Å². The number of hydrogen-bond acceptors (Lipinski definition) is 5. The SMILES string of the molecule is OCC1O[C@H](O)C(I)C(O)[C@@H]1O. The predicted octanol–water partition coefficient (Wildman–Crippen LogP) is -1.78. The first-order valence-corrected chi connectivity index (χ1v) is 4.77. The summed E-state index contributed by atoms with van der Waals surface area (Å²) in [5.74, 6) is 0. The number of aliphatic hydroxyl groups excluding tert-OH is 4. The molecular formula is C6H11IO5. The minimum atomic E-state index is -1.14. The molecular weight excluding hydrogens is 279 g/mol. The fourth-order valence-corrected chi connectivity index (χ4v) is 1.66. The van der Waals surface area contributed by atoms with Gasteiger partial charge in [0.05, 0.1) is 16.6 Å². The first-order valence-electron chi connectivity index (χ1n) is 3.52. The van der Waals surface area contributed by atoms with Crippen molar-refractivity contribution in [2.24, 2.45) is 0 Å². The molecule has 5 nitrogen and oxygen atoms in total. The summed E-state index contributed by atoms with van der Waals surface area (Å²) in [6, 6.07) is 0. The maximum absolute atomic E-state index is 9.31. The molecule has 4 N–H and O–H groups in total. The topological polar surface area (TPSA) is 90.2 Å². The fraction of sp³-hybridized carbons (Fsp3) is 1.00. The summed E-state index contributed by atoms with van der Waals surface area (Å²) in [5.41, 5.74) is 0. The zero-order chi connectivity index (χ0) is 9.30. The van der Waals surface area contributed by atoms with E-state index < -0.39 is 35.1 Å². The fourth-order valence-electron chi connectivity index (χ4n) is 1.06. The number of hydrogen-bond donors (Lipinski definition) is 4. The van der Waals surface area contributed by atoms with Crippen LogP contribution >= 0.6 is 22.6 Å². The Labute approximate surface area is 83.1 Å². The molecule has 72 valence electrons. The van der Waals surface area contributed by atoms with E-state index in [1.54, 1.807) is 22.6 Å². The van der Waals surface area contributed by atoms with E-state index >= 15 is 0 Å². The highest BCUT2D eigenvalue weighted by molar-refractivity contribution is 14.1. The Morgan fingerprint density at radius 2 is 1.75 bits per heavy atom. The minimum Gasteiger partial charge on any atom is -0.394 e. The van der Waals surface area contributed by atoms with Crippen LogP contribution in [0.2, 0.25) is 0 Å². The molecule has 1 heterocycles. The van der Waals surface area contributed by atoms with Gasteiger partial charge < -0.3 is 25.2 Å². The zero-order valence-electron chi connectivity index (χ0n) is 6.17. The van der Waals surface area contributed by atoms with Crippen molar-refractivity contribution in [3.8, 4) is 0 Å². The Morgan fingerprint density at radius 1 is 1.17 bits per heavy atom. The maximum Gasteiger partial charge on any atom is 0.169 e. The molecule has 0 aliphatic carbocycles. The van der Waals surface area contributed by atoms with Crippen LogP contribution in [0.3, 0.4) is 0 Å². The summed E-state index contributed by atoms with van der Waals surface area (Å²) >= 11 is 1.78. The van der Waals surface area contributed by atoms with E-state index in [4.69, 9.17) is 14.9 Å². The summed E-state index contributed by atoms with van der Waals surface area (Å²) in [4.78, 5) is 0. The molecule has 0 saturated carbocycles. The van der Waals surface area contributed by atoms with E-state index in [2.05, 4.69) is 0 Å². The smallest absolute Gasteiger partial charge is 0.169 e. The first kappa shape index (κ1) is 10.6. The highest BCUT2D eigenvalue weighted by Gasteiger charge is 2.41. The lowest BCUT2D eigenvalue weighted by Gasteiger charge is -2.37. The van der Waals surface area contributed by atoms with Gasteiger partial charge in [-0.1, -0.05) is 22.6 Å². The van der Waals surface area contributed by atoms with Gasteiger partial charge in [0.25, 0.3) is 0 Å². The summed E-state index contributed by atoms with van der Waals surface area (Å²) in [7, 11) is 0. The van der Waals surface area contributed by atoms with Gasteiger partial charge in [-0.15, -0.1) is 0 Å². The van der Waals surface area contributed by atoms with Crippen molar-refractivity contribution < 1.29 is 25.2 Å². The lowest BCUT2D eigenvalue weighted by molar-refractivity contribution is -0.231. The largest absolute Gasteiger partial charge is 0.394 e. The molecule has 6 heteroatoms. The molecule has 1 aliphatic rings. The Morgan fingerprint density at radius 3 is 2.25 bits per heavy atom. The zero-order valence-corrected chi connectivity index (χ0v) is 8.33. The average molecular weight is 290 g/mol. The van der Waals surface area contributed by atoms with Crippen molar-refractivity contribution in [1.29, 1.82) is 0 Å². The Balaban J connectivity index is 2.63. The first-order chi connectivity index (χ1) is 5.57. The number of alkyl halides is 1. The molecule has 0 aromatic carbocycles. The Bertz CT molecular complexity index is 150. The van der Waals surface area contributed by atoms with Crippen LogP contribution in [-0.2, 0) is 4.74 Å². The second-order valence-electron chi connectivity index (χ2n) is 2.67. The molecule has 0 amide bonds. The van der Waals surface area contributed by atoms with Gasteiger partial charge in [0, 0.05) is 0 Å². The van der Waals surface area contributed by atoms with Gasteiger partial charge in [0.1, 0.15) is 12.2 Å². The number of ether oxygens (including phenoxy) is 1. The van der Waals surface area contributed by atoms with E-state index in [0.29, 0.717) is 0 Å². The summed E-state index contributed by atoms with van der Waals surface area (Å²) in [6.45, 7) is -0.418. The minimum absolute atomic E-state index is 0.418. The number of halogens is 1. The molecule has 1 saturated heterocycles. The lowest BCUT2D eigenvalue weighted by Crippen LogP contribution is -2.56. The van der Waals surface area contributed by atoms with Crippen LogP contribution in [-0.4, -0.2) is 55.6 Å². The average Bonchev–Trinajstić information content (AvgIpc) is 2.08. The summed E-state index contributed by atoms with van der Waals surface area (Å²) in [6.07, 6.45) is -4.24. The van der Waals surface area contributed by atoms with E-state index in [0.717, 1.165) is 0 Å². The van der Waals surface area contributed by atoms with Crippen LogP contribution in [0.1, 0.15) is 0 Å². The predicted molar refractivity (Wildman–Crippen MR) is 47.8 cm³/mol. The van der Waals surface area contributed by atoms with Crippen molar-refractivity contribution in [3.63, 3.8) is 0 Å². The van der Waals surface area contributed by atoms with Gasteiger partial charge >= 0.3 is 0 Å². The third-order valence-corrected chi connectivity index (χ3v) is 3.18. The molecule has 0 bridgehead atoms. The molecule has 3 unspecified atom stereocenters. The van der Waals surface area contributed by atoms with Crippen molar-refractivity contribution in [2.45, 2.75) is 28.5 Å². The van der Waals surface area contributed by atoms with Gasteiger partial charge in [-0.3, -0.25) is 0 Å². The third-order valence-electron chi connectivity index (χ3n) is 1.82. The van der Waals surface area contributed by atoms with Gasteiger partial charge in [0.15, 0.2) is 6.29 Å². The van der Waals surface area contributed by atoms with Crippen LogP contribution in [0.4, 0.5) is 0 Å². The van der Waals surface area contributed by atoms with E-state index in [-0.39, 0.29) is 0 Å². The van der Waals surface area contributed by atoms with E-state index in [1.807, 2.05) is 0 Å². The van der Waals surface area contributed by atoms with Crippen LogP contribution in [0, 0.1) is 0 Å². The monoisotopic (exact) mass is 290 g/mol. The molecule has 1 rings (SSSR count). The van der Waals surface area contributed by atoms with Crippen LogP contribution in [0.15, 0.2) is 0 Å². The highest BCUT2D eigenvalue weighted by atomic mass is 127. The number of aliphatic hydroxyl groups is 4. The number of rotatable bonds is 1. The molecule has 0 spiro atoms. The normalized spacial score (nSPS) is 49.2. The van der Waals surface area contributed by atoms with Crippen molar-refractivity contribution in [2.75, 3.05) is 6.61 Å². The van der Waals surface area contributed by atoms with Crippen LogP contribution < -0.4 is 0 Å². The summed E-state index contributed by atoms with van der Waals surface area (Å²) in [5, 5.41) is 36.4. The highest BCUT2D eigenvalue weighted by Crippen LogP contribution is 2.24. The molecule has 0 aromatic rings. The van der Waals surface area contributed by atoms with E-state index in [9.17, 15) is 10.2 Å². The Kier molecular flexibility index (Phi) is 3.68. The van der Waals surface area contributed by atoms with Crippen molar-refractivity contribution in [3.05, 3.63) is 0 Å². The van der Waals surface area contributed by atoms with Gasteiger partial charge in [0.2, 0.25) is 0 Å². The molecule has 1 fully saturated rings. The molecule has 5 atom stereocenters. The quantitative estimate of drug-likeness (QED) is 0.339. The molecule has 12 heavy (non-hydrogen) atoms. The maximum atomic E-state index is 9.31. The van der Waals surface area contributed by atoms with Gasteiger partial charge in [-0.05, 0) is 0 Å². The lowest BCUT2D eigenvalue weighted by atomic mass is 10.0. The van der Waals surface area contributed by atoms with Gasteiger partial charge in [-0.25, -0.2) is 0 Å². The Hall–Kier alpha value is 0.530. The van der Waals surface area contributed by atoms with Crippen molar-refractivity contribution >= 4 is 22.6 Å². The van der Waals surface area contributed by atoms with Gasteiger partial charge in [-0.2, -0.15) is 0 Å². The van der Waals surface area contributed by atoms with Crippen LogP contribution in [0.5, 0.6) is 0 Å². The second-order valence-corrected chi connectivity index (χ2v) is 4.11. The molecule has 1 aliphatic heterocycles. The summed E-state index contributed by atoms with van der Waals surface area (Å²) < 4.78 is 4.25. The molecule has 0 radical (unpaired) electrons. The second kappa shape index (κ2) is 4.16. The standard InChI is InChI=1S/C6H11IO5/c7-3-5(10)4(9)2(1-8)12-6(3)11/h2-6,8-11H,1H2/t2?,3?,4-,5?,6+/m1/s1. The molecule has 0 aromatic heterocycles.